The van der Waals surface area contributed by atoms with Crippen molar-refractivity contribution < 1.29 is 9.18 Å². The molecular weight excluding hydrogens is 341 g/mol. The molecule has 0 spiro atoms. The number of halogens is 1. The number of tetrazole rings is 1. The van der Waals surface area contributed by atoms with Crippen LogP contribution in [0.15, 0.2) is 47.6 Å². The monoisotopic (exact) mass is 357 g/mol. The van der Waals surface area contributed by atoms with Crippen molar-refractivity contribution in [1.82, 2.24) is 20.2 Å². The van der Waals surface area contributed by atoms with E-state index in [1.807, 2.05) is 32.0 Å². The molecule has 1 N–H and O–H groups in total. The quantitative estimate of drug-likeness (QED) is 0.710. The first-order chi connectivity index (χ1) is 12.0. The Labute approximate surface area is 148 Å². The molecule has 1 amide bonds. The van der Waals surface area contributed by atoms with E-state index in [1.165, 1.54) is 28.6 Å². The van der Waals surface area contributed by atoms with Gasteiger partial charge in [0.05, 0.1) is 11.4 Å². The van der Waals surface area contributed by atoms with Crippen LogP contribution >= 0.6 is 11.8 Å². The first-order valence-corrected chi connectivity index (χ1v) is 8.56. The van der Waals surface area contributed by atoms with Gasteiger partial charge in [0.2, 0.25) is 11.1 Å². The van der Waals surface area contributed by atoms with Gasteiger partial charge in [-0.3, -0.25) is 4.79 Å². The molecule has 3 rings (SSSR count). The standard InChI is InChI=1S/C17H16FN5OS/c1-11-5-3-6-12(2)16(11)19-15(24)10-25-17-20-21-22-23(17)14-8-4-7-13(18)9-14/h3-9H,10H2,1-2H3,(H,19,24). The van der Waals surface area contributed by atoms with E-state index in [1.54, 1.807) is 12.1 Å². The van der Waals surface area contributed by atoms with Gasteiger partial charge in [0, 0.05) is 5.69 Å². The Hall–Kier alpha value is -2.74. The van der Waals surface area contributed by atoms with E-state index in [0.29, 0.717) is 10.8 Å². The molecule has 2 aromatic carbocycles. The number of aryl methyl sites for hydroxylation is 2. The van der Waals surface area contributed by atoms with Crippen LogP contribution in [-0.4, -0.2) is 31.9 Å². The Morgan fingerprint density at radius 2 is 1.92 bits per heavy atom. The number of rotatable bonds is 5. The van der Waals surface area contributed by atoms with Gasteiger partial charge in [0.15, 0.2) is 0 Å². The van der Waals surface area contributed by atoms with Crippen molar-refractivity contribution in [3.8, 4) is 5.69 Å². The van der Waals surface area contributed by atoms with Crippen molar-refractivity contribution in [2.45, 2.75) is 19.0 Å². The summed E-state index contributed by atoms with van der Waals surface area (Å²) in [5.41, 5.74) is 3.33. The van der Waals surface area contributed by atoms with Gasteiger partial charge < -0.3 is 5.32 Å². The Kier molecular flexibility index (Phi) is 5.08. The lowest BCUT2D eigenvalue weighted by Crippen LogP contribution is -2.16. The van der Waals surface area contributed by atoms with Gasteiger partial charge in [0.25, 0.3) is 0 Å². The van der Waals surface area contributed by atoms with Crippen LogP contribution in [0.4, 0.5) is 10.1 Å². The zero-order valence-electron chi connectivity index (χ0n) is 13.7. The summed E-state index contributed by atoms with van der Waals surface area (Å²) in [4.78, 5) is 12.2. The van der Waals surface area contributed by atoms with Gasteiger partial charge in [0.1, 0.15) is 5.82 Å². The Morgan fingerprint density at radius 1 is 1.20 bits per heavy atom. The Balaban J connectivity index is 1.69. The molecule has 0 fully saturated rings. The fraction of sp³-hybridized carbons (Fsp3) is 0.176. The molecule has 0 bridgehead atoms. The highest BCUT2D eigenvalue weighted by atomic mass is 32.2. The van der Waals surface area contributed by atoms with Gasteiger partial charge in [-0.15, -0.1) is 5.10 Å². The molecule has 0 aliphatic carbocycles. The number of thioether (sulfide) groups is 1. The molecule has 1 heterocycles. The van der Waals surface area contributed by atoms with E-state index in [2.05, 4.69) is 20.8 Å². The number of hydrogen-bond acceptors (Lipinski definition) is 5. The molecule has 0 saturated heterocycles. The van der Waals surface area contributed by atoms with Crippen molar-refractivity contribution in [3.05, 3.63) is 59.4 Å². The second-order valence-electron chi connectivity index (χ2n) is 5.46. The molecule has 8 heteroatoms. The molecule has 0 saturated carbocycles. The predicted octanol–water partition coefficient (Wildman–Crippen LogP) is 3.15. The number of nitrogens with zero attached hydrogens (tertiary/aromatic N) is 4. The van der Waals surface area contributed by atoms with Crippen LogP contribution < -0.4 is 5.32 Å². The van der Waals surface area contributed by atoms with Crippen molar-refractivity contribution in [3.63, 3.8) is 0 Å². The van der Waals surface area contributed by atoms with Gasteiger partial charge in [-0.1, -0.05) is 36.0 Å². The van der Waals surface area contributed by atoms with Crippen LogP contribution in [0.3, 0.4) is 0 Å². The van der Waals surface area contributed by atoms with E-state index in [4.69, 9.17) is 0 Å². The molecule has 3 aromatic rings. The van der Waals surface area contributed by atoms with Crippen molar-refractivity contribution in [1.29, 1.82) is 0 Å². The van der Waals surface area contributed by atoms with Gasteiger partial charge in [-0.2, -0.15) is 4.68 Å². The summed E-state index contributed by atoms with van der Waals surface area (Å²) in [6.07, 6.45) is 0. The third-order valence-corrected chi connectivity index (χ3v) is 4.49. The fourth-order valence-corrected chi connectivity index (χ4v) is 3.05. The van der Waals surface area contributed by atoms with E-state index in [9.17, 15) is 9.18 Å². The van der Waals surface area contributed by atoms with E-state index < -0.39 is 0 Å². The van der Waals surface area contributed by atoms with Crippen LogP contribution in [0.2, 0.25) is 0 Å². The summed E-state index contributed by atoms with van der Waals surface area (Å²) >= 11 is 1.19. The normalized spacial score (nSPS) is 10.7. The molecule has 0 atom stereocenters. The first kappa shape index (κ1) is 17.1. The predicted molar refractivity (Wildman–Crippen MR) is 94.4 cm³/mol. The van der Waals surface area contributed by atoms with E-state index in [0.717, 1.165) is 16.8 Å². The summed E-state index contributed by atoms with van der Waals surface area (Å²) in [6, 6.07) is 11.8. The van der Waals surface area contributed by atoms with Crippen LogP contribution in [0.5, 0.6) is 0 Å². The van der Waals surface area contributed by atoms with Crippen molar-refractivity contribution in [2.75, 3.05) is 11.1 Å². The molecule has 0 aliphatic rings. The minimum absolute atomic E-state index is 0.142. The highest BCUT2D eigenvalue weighted by Crippen LogP contribution is 2.22. The van der Waals surface area contributed by atoms with E-state index >= 15 is 0 Å². The average molecular weight is 357 g/mol. The minimum atomic E-state index is -0.378. The number of carbonyl (C=O) groups is 1. The number of anilines is 1. The number of benzene rings is 2. The lowest BCUT2D eigenvalue weighted by Gasteiger charge is -2.11. The zero-order valence-corrected chi connectivity index (χ0v) is 14.5. The highest BCUT2D eigenvalue weighted by Gasteiger charge is 2.13. The fourth-order valence-electron chi connectivity index (χ4n) is 2.36. The van der Waals surface area contributed by atoms with Gasteiger partial charge in [-0.05, 0) is 53.6 Å². The summed E-state index contributed by atoms with van der Waals surface area (Å²) in [7, 11) is 0. The Morgan fingerprint density at radius 3 is 2.64 bits per heavy atom. The van der Waals surface area contributed by atoms with Gasteiger partial charge >= 0.3 is 0 Å². The summed E-state index contributed by atoms with van der Waals surface area (Å²) in [5.74, 6) is -0.392. The molecule has 128 valence electrons. The first-order valence-electron chi connectivity index (χ1n) is 7.58. The molecule has 0 aliphatic heterocycles. The smallest absolute Gasteiger partial charge is 0.234 e. The number of amides is 1. The summed E-state index contributed by atoms with van der Waals surface area (Å²) in [6.45, 7) is 3.89. The zero-order chi connectivity index (χ0) is 17.8. The largest absolute Gasteiger partial charge is 0.325 e. The topological polar surface area (TPSA) is 72.7 Å². The lowest BCUT2D eigenvalue weighted by molar-refractivity contribution is -0.113. The van der Waals surface area contributed by atoms with Crippen molar-refractivity contribution in [2.24, 2.45) is 0 Å². The van der Waals surface area contributed by atoms with Gasteiger partial charge in [-0.25, -0.2) is 4.39 Å². The maximum Gasteiger partial charge on any atom is 0.234 e. The maximum atomic E-state index is 13.4. The third-order valence-electron chi connectivity index (χ3n) is 3.57. The molecule has 25 heavy (non-hydrogen) atoms. The lowest BCUT2D eigenvalue weighted by atomic mass is 10.1. The highest BCUT2D eigenvalue weighted by molar-refractivity contribution is 7.99. The second kappa shape index (κ2) is 7.43. The third kappa shape index (κ3) is 4.03. The average Bonchev–Trinajstić information content (AvgIpc) is 3.05. The number of para-hydroxylation sites is 1. The minimum Gasteiger partial charge on any atom is -0.325 e. The maximum absolute atomic E-state index is 13.4. The number of nitrogens with one attached hydrogen (secondary N) is 1. The molecular formula is C17H16FN5OS. The molecule has 0 unspecified atom stereocenters. The molecule has 0 radical (unpaired) electrons. The van der Waals surface area contributed by atoms with Crippen LogP contribution in [0.1, 0.15) is 11.1 Å². The molecule has 6 nitrogen and oxygen atoms in total. The van der Waals surface area contributed by atoms with Crippen LogP contribution in [0.25, 0.3) is 5.69 Å². The van der Waals surface area contributed by atoms with Crippen molar-refractivity contribution >= 4 is 23.4 Å². The summed E-state index contributed by atoms with van der Waals surface area (Å²) in [5, 5.41) is 14.7. The number of hydrogen-bond donors (Lipinski definition) is 1. The Bertz CT molecular complexity index is 891. The summed E-state index contributed by atoms with van der Waals surface area (Å²) < 4.78 is 14.8. The van der Waals surface area contributed by atoms with Crippen LogP contribution in [-0.2, 0) is 4.79 Å². The molecule has 1 aromatic heterocycles. The number of aromatic nitrogens is 4. The second-order valence-corrected chi connectivity index (χ2v) is 6.40. The van der Waals surface area contributed by atoms with E-state index in [-0.39, 0.29) is 17.5 Å². The SMILES string of the molecule is Cc1cccc(C)c1NC(=O)CSc1nnnn1-c1cccc(F)c1. The van der Waals surface area contributed by atoms with Crippen LogP contribution in [0, 0.1) is 19.7 Å². The number of carbonyl (C=O) groups excluding carboxylic acids is 1.